The summed E-state index contributed by atoms with van der Waals surface area (Å²) in [7, 11) is 1.43. The quantitative estimate of drug-likeness (QED) is 0.287. The number of aliphatic hydroxyl groups is 1. The van der Waals surface area contributed by atoms with Crippen LogP contribution in [0.4, 0.5) is 0 Å². The Morgan fingerprint density at radius 2 is 1.28 bits per heavy atom. The summed E-state index contributed by atoms with van der Waals surface area (Å²) in [6, 6.07) is 0. The summed E-state index contributed by atoms with van der Waals surface area (Å²) in [6.45, 7) is 3.80. The highest BCUT2D eigenvalue weighted by Crippen LogP contribution is 2.19. The number of unbranched alkanes of at least 4 members (excludes halogenated alkanes) is 8. The van der Waals surface area contributed by atoms with Gasteiger partial charge in [-0.15, -0.1) is 0 Å². The maximum Gasteiger partial charge on any atom is 0.305 e. The van der Waals surface area contributed by atoms with Crippen LogP contribution >= 0.6 is 0 Å². The van der Waals surface area contributed by atoms with Crippen molar-refractivity contribution in [2.45, 2.75) is 110 Å². The van der Waals surface area contributed by atoms with Gasteiger partial charge < -0.3 is 14.6 Å². The van der Waals surface area contributed by atoms with Crippen LogP contribution < -0.4 is 0 Å². The molecule has 0 aromatic rings. The number of aliphatic hydroxyl groups excluding tert-OH is 1. The van der Waals surface area contributed by atoms with Crippen LogP contribution in [-0.2, 0) is 14.3 Å². The van der Waals surface area contributed by atoms with Gasteiger partial charge >= 0.3 is 5.97 Å². The summed E-state index contributed by atoms with van der Waals surface area (Å²) in [5.74, 6) is 0.538. The molecule has 4 heteroatoms. The molecule has 0 aliphatic heterocycles. The van der Waals surface area contributed by atoms with E-state index >= 15 is 0 Å². The molecule has 0 aromatic heterocycles. The SMILES string of the molecule is COC(=O)CCCCCCCC(C)C(O)CCCCCCCC(C)=O. The zero-order valence-corrected chi connectivity index (χ0v) is 16.7. The molecule has 2 unspecified atom stereocenters. The lowest BCUT2D eigenvalue weighted by Gasteiger charge is -2.18. The van der Waals surface area contributed by atoms with E-state index in [1.165, 1.54) is 20.0 Å². The van der Waals surface area contributed by atoms with Crippen molar-refractivity contribution in [3.05, 3.63) is 0 Å². The molecule has 0 spiro atoms. The second-order valence-electron chi connectivity index (χ2n) is 7.44. The monoisotopic (exact) mass is 356 g/mol. The van der Waals surface area contributed by atoms with Gasteiger partial charge in [0.25, 0.3) is 0 Å². The molecule has 148 valence electrons. The van der Waals surface area contributed by atoms with Crippen LogP contribution in [0.2, 0.25) is 0 Å². The lowest BCUT2D eigenvalue weighted by Crippen LogP contribution is -2.17. The van der Waals surface area contributed by atoms with E-state index in [-0.39, 0.29) is 17.9 Å². The third-order valence-electron chi connectivity index (χ3n) is 4.95. The predicted molar refractivity (Wildman–Crippen MR) is 103 cm³/mol. The van der Waals surface area contributed by atoms with E-state index in [9.17, 15) is 14.7 Å². The van der Waals surface area contributed by atoms with Crippen molar-refractivity contribution in [2.75, 3.05) is 7.11 Å². The highest BCUT2D eigenvalue weighted by Gasteiger charge is 2.13. The van der Waals surface area contributed by atoms with Crippen molar-refractivity contribution >= 4 is 11.8 Å². The van der Waals surface area contributed by atoms with Gasteiger partial charge in [-0.2, -0.15) is 0 Å². The zero-order valence-electron chi connectivity index (χ0n) is 16.7. The average Bonchev–Trinajstić information content (AvgIpc) is 2.58. The molecular weight excluding hydrogens is 316 g/mol. The van der Waals surface area contributed by atoms with Gasteiger partial charge in [-0.25, -0.2) is 0 Å². The fraction of sp³-hybridized carbons (Fsp3) is 0.905. The minimum absolute atomic E-state index is 0.115. The second-order valence-corrected chi connectivity index (χ2v) is 7.44. The number of Topliss-reactive ketones (excluding diaryl/α,β-unsaturated/α-hetero) is 1. The largest absolute Gasteiger partial charge is 0.469 e. The molecule has 25 heavy (non-hydrogen) atoms. The van der Waals surface area contributed by atoms with Crippen molar-refractivity contribution in [2.24, 2.45) is 5.92 Å². The zero-order chi connectivity index (χ0) is 18.9. The Morgan fingerprint density at radius 1 is 0.800 bits per heavy atom. The van der Waals surface area contributed by atoms with Gasteiger partial charge in [-0.3, -0.25) is 4.79 Å². The standard InChI is InChI=1S/C21H40O4/c1-18(14-10-6-4-9-13-17-21(24)25-3)20(23)16-12-8-5-7-11-15-19(2)22/h18,20,23H,4-17H2,1-3H3. The number of ketones is 1. The molecule has 0 bridgehead atoms. The van der Waals surface area contributed by atoms with Crippen LogP contribution in [0.3, 0.4) is 0 Å². The molecule has 0 heterocycles. The smallest absolute Gasteiger partial charge is 0.305 e. The van der Waals surface area contributed by atoms with E-state index in [0.29, 0.717) is 18.8 Å². The molecule has 4 nitrogen and oxygen atoms in total. The molecule has 0 aromatic carbocycles. The molecule has 0 saturated carbocycles. The number of esters is 1. The van der Waals surface area contributed by atoms with Crippen LogP contribution in [0, 0.1) is 5.92 Å². The molecule has 1 N–H and O–H groups in total. The summed E-state index contributed by atoms with van der Waals surface area (Å²) >= 11 is 0. The Hall–Kier alpha value is -0.900. The first-order valence-electron chi connectivity index (χ1n) is 10.2. The molecule has 0 aliphatic carbocycles. The normalized spacial score (nSPS) is 13.4. The summed E-state index contributed by atoms with van der Waals surface area (Å²) in [5.41, 5.74) is 0. The van der Waals surface area contributed by atoms with E-state index in [1.54, 1.807) is 6.92 Å². The van der Waals surface area contributed by atoms with Crippen LogP contribution in [0.15, 0.2) is 0 Å². The summed E-state index contributed by atoms with van der Waals surface area (Å²) in [4.78, 5) is 21.8. The summed E-state index contributed by atoms with van der Waals surface area (Å²) in [5, 5.41) is 10.2. The number of ether oxygens (including phenoxy) is 1. The number of rotatable bonds is 17. The minimum atomic E-state index is -0.184. The highest BCUT2D eigenvalue weighted by atomic mass is 16.5. The Balaban J connectivity index is 3.42. The van der Waals surface area contributed by atoms with E-state index in [2.05, 4.69) is 11.7 Å². The Labute approximate surface area is 154 Å². The maximum atomic E-state index is 11.0. The van der Waals surface area contributed by atoms with Crippen molar-refractivity contribution in [1.82, 2.24) is 0 Å². The van der Waals surface area contributed by atoms with Crippen LogP contribution in [0.25, 0.3) is 0 Å². The predicted octanol–water partition coefficient (Wildman–Crippen LogP) is 5.21. The second kappa shape index (κ2) is 16.6. The van der Waals surface area contributed by atoms with Gasteiger partial charge in [0.15, 0.2) is 0 Å². The van der Waals surface area contributed by atoms with Crippen LogP contribution in [0.5, 0.6) is 0 Å². The summed E-state index contributed by atoms with van der Waals surface area (Å²) in [6.07, 6.45) is 14.0. The van der Waals surface area contributed by atoms with Gasteiger partial charge in [0.1, 0.15) is 5.78 Å². The highest BCUT2D eigenvalue weighted by molar-refractivity contribution is 5.75. The molecule has 0 fully saturated rings. The van der Waals surface area contributed by atoms with Gasteiger partial charge in [0.2, 0.25) is 0 Å². The first kappa shape index (κ1) is 24.1. The molecule has 0 saturated heterocycles. The van der Waals surface area contributed by atoms with Gasteiger partial charge in [-0.05, 0) is 38.5 Å². The minimum Gasteiger partial charge on any atom is -0.469 e. The van der Waals surface area contributed by atoms with E-state index in [4.69, 9.17) is 0 Å². The first-order chi connectivity index (χ1) is 12.0. The molecule has 0 rings (SSSR count). The molecule has 0 amide bonds. The fourth-order valence-electron chi connectivity index (χ4n) is 3.10. The first-order valence-corrected chi connectivity index (χ1v) is 10.2. The number of hydrogen-bond donors (Lipinski definition) is 1. The third-order valence-corrected chi connectivity index (χ3v) is 4.95. The third kappa shape index (κ3) is 16.3. The Bertz CT molecular complexity index is 341. The number of methoxy groups -OCH3 is 1. The van der Waals surface area contributed by atoms with Gasteiger partial charge in [0, 0.05) is 12.8 Å². The van der Waals surface area contributed by atoms with E-state index < -0.39 is 0 Å². The molecule has 0 radical (unpaired) electrons. The van der Waals surface area contributed by atoms with Crippen molar-refractivity contribution < 1.29 is 19.4 Å². The van der Waals surface area contributed by atoms with Crippen molar-refractivity contribution in [3.8, 4) is 0 Å². The van der Waals surface area contributed by atoms with Crippen LogP contribution in [0.1, 0.15) is 104 Å². The summed E-state index contributed by atoms with van der Waals surface area (Å²) < 4.78 is 4.62. The van der Waals surface area contributed by atoms with Crippen molar-refractivity contribution in [1.29, 1.82) is 0 Å². The van der Waals surface area contributed by atoms with Gasteiger partial charge in [0.05, 0.1) is 13.2 Å². The van der Waals surface area contributed by atoms with E-state index in [1.807, 2.05) is 0 Å². The number of carbonyl (C=O) groups excluding carboxylic acids is 2. The van der Waals surface area contributed by atoms with E-state index in [0.717, 1.165) is 64.2 Å². The molecule has 2 atom stereocenters. The average molecular weight is 357 g/mol. The van der Waals surface area contributed by atoms with Crippen LogP contribution in [-0.4, -0.2) is 30.1 Å². The lowest BCUT2D eigenvalue weighted by molar-refractivity contribution is -0.140. The fourth-order valence-corrected chi connectivity index (χ4v) is 3.10. The van der Waals surface area contributed by atoms with Gasteiger partial charge in [-0.1, -0.05) is 58.3 Å². The Kier molecular flexibility index (Phi) is 16.0. The maximum absolute atomic E-state index is 11.0. The molecule has 0 aliphatic rings. The lowest BCUT2D eigenvalue weighted by atomic mass is 9.93. The Morgan fingerprint density at radius 3 is 1.84 bits per heavy atom. The number of hydrogen-bond acceptors (Lipinski definition) is 4. The number of carbonyl (C=O) groups is 2. The topological polar surface area (TPSA) is 63.6 Å². The van der Waals surface area contributed by atoms with Crippen molar-refractivity contribution in [3.63, 3.8) is 0 Å². The molecular formula is C21H40O4.